The lowest BCUT2D eigenvalue weighted by Crippen LogP contribution is -2.21. The number of carbonyl (C=O) groups excluding carboxylic acids is 2. The Bertz CT molecular complexity index is 457. The van der Waals surface area contributed by atoms with Crippen LogP contribution in [0, 0.1) is 5.41 Å². The molecule has 0 aromatic heterocycles. The Morgan fingerprint density at radius 1 is 1.29 bits per heavy atom. The molecule has 0 spiro atoms. The van der Waals surface area contributed by atoms with Crippen LogP contribution < -0.4 is 16.4 Å². The van der Waals surface area contributed by atoms with Gasteiger partial charge in [0, 0.05) is 18.3 Å². The van der Waals surface area contributed by atoms with Gasteiger partial charge in [0.2, 0.25) is 11.8 Å². The molecule has 90 valence electrons. The van der Waals surface area contributed by atoms with E-state index in [1.54, 1.807) is 24.3 Å². The average molecular weight is 234 g/mol. The van der Waals surface area contributed by atoms with Gasteiger partial charge in [0.25, 0.3) is 0 Å². The molecule has 1 rings (SSSR count). The lowest BCUT2D eigenvalue weighted by molar-refractivity contribution is -0.115. The number of anilines is 2. The maximum atomic E-state index is 11.3. The van der Waals surface area contributed by atoms with Gasteiger partial charge in [-0.2, -0.15) is 0 Å². The van der Waals surface area contributed by atoms with Crippen molar-refractivity contribution in [3.05, 3.63) is 24.3 Å². The summed E-state index contributed by atoms with van der Waals surface area (Å²) in [6.45, 7) is 1.40. The molecular weight excluding hydrogens is 220 g/mol. The molecule has 0 aliphatic carbocycles. The Kier molecular flexibility index (Phi) is 4.21. The summed E-state index contributed by atoms with van der Waals surface area (Å²) >= 11 is 0. The lowest BCUT2D eigenvalue weighted by Gasteiger charge is -2.07. The van der Waals surface area contributed by atoms with E-state index in [2.05, 4.69) is 10.6 Å². The lowest BCUT2D eigenvalue weighted by atomic mass is 10.2. The molecule has 6 heteroatoms. The van der Waals surface area contributed by atoms with Gasteiger partial charge in [-0.1, -0.05) is 6.07 Å². The molecule has 0 saturated carbocycles. The van der Waals surface area contributed by atoms with Crippen molar-refractivity contribution >= 4 is 29.0 Å². The summed E-state index contributed by atoms with van der Waals surface area (Å²) < 4.78 is 0. The van der Waals surface area contributed by atoms with Crippen molar-refractivity contribution in [2.45, 2.75) is 13.3 Å². The highest BCUT2D eigenvalue weighted by molar-refractivity contribution is 6.04. The van der Waals surface area contributed by atoms with Crippen molar-refractivity contribution < 1.29 is 9.59 Å². The van der Waals surface area contributed by atoms with Gasteiger partial charge in [0.05, 0.1) is 6.42 Å². The van der Waals surface area contributed by atoms with Crippen LogP contribution in [-0.4, -0.2) is 17.6 Å². The molecule has 0 heterocycles. The van der Waals surface area contributed by atoms with E-state index < -0.39 is 0 Å². The smallest absolute Gasteiger partial charge is 0.231 e. The Hall–Kier alpha value is -2.37. The summed E-state index contributed by atoms with van der Waals surface area (Å²) in [5.74, 6) is -0.741. The molecule has 6 nitrogen and oxygen atoms in total. The summed E-state index contributed by atoms with van der Waals surface area (Å²) in [5, 5.41) is 12.2. The molecule has 0 aliphatic heterocycles. The maximum absolute atomic E-state index is 11.3. The molecule has 1 aromatic carbocycles. The first-order valence-electron chi connectivity index (χ1n) is 4.98. The van der Waals surface area contributed by atoms with Gasteiger partial charge in [0.15, 0.2) is 0 Å². The average Bonchev–Trinajstić information content (AvgIpc) is 2.14. The van der Waals surface area contributed by atoms with Crippen LogP contribution >= 0.6 is 0 Å². The molecule has 0 unspecified atom stereocenters. The van der Waals surface area contributed by atoms with Crippen molar-refractivity contribution in [1.29, 1.82) is 5.41 Å². The van der Waals surface area contributed by atoms with Gasteiger partial charge in [-0.15, -0.1) is 0 Å². The van der Waals surface area contributed by atoms with E-state index in [-0.39, 0.29) is 24.1 Å². The first-order valence-corrected chi connectivity index (χ1v) is 4.98. The summed E-state index contributed by atoms with van der Waals surface area (Å²) in [6, 6.07) is 6.72. The van der Waals surface area contributed by atoms with Crippen molar-refractivity contribution in [1.82, 2.24) is 0 Å². The van der Waals surface area contributed by atoms with Gasteiger partial charge in [-0.05, 0) is 18.2 Å². The monoisotopic (exact) mass is 234 g/mol. The highest BCUT2D eigenvalue weighted by atomic mass is 16.2. The first kappa shape index (κ1) is 12.7. The fraction of sp³-hybridized carbons (Fsp3) is 0.182. The van der Waals surface area contributed by atoms with Gasteiger partial charge in [0.1, 0.15) is 5.84 Å². The predicted octanol–water partition coefficient (Wildman–Crippen LogP) is 0.910. The van der Waals surface area contributed by atoms with E-state index in [4.69, 9.17) is 11.1 Å². The minimum atomic E-state index is -0.363. The van der Waals surface area contributed by atoms with E-state index in [1.807, 2.05) is 0 Å². The quantitative estimate of drug-likeness (QED) is 0.459. The molecule has 17 heavy (non-hydrogen) atoms. The van der Waals surface area contributed by atoms with Crippen molar-refractivity contribution in [3.63, 3.8) is 0 Å². The fourth-order valence-corrected chi connectivity index (χ4v) is 1.26. The second kappa shape index (κ2) is 5.64. The summed E-state index contributed by atoms with van der Waals surface area (Å²) in [6.07, 6.45) is -0.148. The molecule has 0 radical (unpaired) electrons. The Balaban J connectivity index is 2.68. The SMILES string of the molecule is CC(=O)Nc1cccc(NC(=O)CC(=N)N)c1. The van der Waals surface area contributed by atoms with Gasteiger partial charge in [-0.3, -0.25) is 15.0 Å². The number of carbonyl (C=O) groups is 2. The van der Waals surface area contributed by atoms with Crippen molar-refractivity contribution in [3.8, 4) is 0 Å². The van der Waals surface area contributed by atoms with Gasteiger partial charge in [-0.25, -0.2) is 0 Å². The number of hydrogen-bond donors (Lipinski definition) is 4. The molecule has 0 atom stereocenters. The third kappa shape index (κ3) is 4.78. The van der Waals surface area contributed by atoms with Crippen LogP contribution in [0.15, 0.2) is 24.3 Å². The molecule has 0 aliphatic rings. The molecule has 5 N–H and O–H groups in total. The number of rotatable bonds is 4. The third-order valence-corrected chi connectivity index (χ3v) is 1.82. The molecule has 0 saturated heterocycles. The first-order chi connectivity index (χ1) is 7.97. The van der Waals surface area contributed by atoms with E-state index in [9.17, 15) is 9.59 Å². The van der Waals surface area contributed by atoms with Crippen LogP contribution in [0.4, 0.5) is 11.4 Å². The van der Waals surface area contributed by atoms with Crippen LogP contribution in [0.1, 0.15) is 13.3 Å². The van der Waals surface area contributed by atoms with E-state index in [1.165, 1.54) is 6.92 Å². The molecule has 1 aromatic rings. The van der Waals surface area contributed by atoms with E-state index in [0.29, 0.717) is 11.4 Å². The van der Waals surface area contributed by atoms with E-state index in [0.717, 1.165) is 0 Å². The number of amides is 2. The van der Waals surface area contributed by atoms with E-state index >= 15 is 0 Å². The number of benzene rings is 1. The highest BCUT2D eigenvalue weighted by Crippen LogP contribution is 2.15. The maximum Gasteiger partial charge on any atom is 0.231 e. The zero-order valence-corrected chi connectivity index (χ0v) is 9.41. The summed E-state index contributed by atoms with van der Waals surface area (Å²) in [5.41, 5.74) is 6.25. The Morgan fingerprint density at radius 2 is 1.88 bits per heavy atom. The second-order valence-electron chi connectivity index (χ2n) is 3.51. The number of hydrogen-bond acceptors (Lipinski definition) is 3. The molecule has 0 fully saturated rings. The Morgan fingerprint density at radius 3 is 2.41 bits per heavy atom. The molecule has 0 bridgehead atoms. The fourth-order valence-electron chi connectivity index (χ4n) is 1.26. The molecule has 2 amide bonds. The summed E-state index contributed by atoms with van der Waals surface area (Å²) in [7, 11) is 0. The predicted molar refractivity (Wildman–Crippen MR) is 65.9 cm³/mol. The van der Waals surface area contributed by atoms with Crippen molar-refractivity contribution in [2.75, 3.05) is 10.6 Å². The van der Waals surface area contributed by atoms with Crippen LogP contribution in [0.25, 0.3) is 0 Å². The Labute approximate surface area is 98.7 Å². The van der Waals surface area contributed by atoms with Crippen LogP contribution in [0.2, 0.25) is 0 Å². The van der Waals surface area contributed by atoms with Gasteiger partial charge < -0.3 is 16.4 Å². The van der Waals surface area contributed by atoms with Gasteiger partial charge >= 0.3 is 0 Å². The van der Waals surface area contributed by atoms with Crippen LogP contribution in [0.3, 0.4) is 0 Å². The zero-order valence-electron chi connectivity index (χ0n) is 9.41. The van der Waals surface area contributed by atoms with Crippen molar-refractivity contribution in [2.24, 2.45) is 5.73 Å². The summed E-state index contributed by atoms with van der Waals surface area (Å²) in [4.78, 5) is 22.2. The normalized spacial score (nSPS) is 9.47. The minimum Gasteiger partial charge on any atom is -0.387 e. The molecular formula is C11H14N4O2. The van der Waals surface area contributed by atoms with Crippen LogP contribution in [-0.2, 0) is 9.59 Å². The number of nitrogens with two attached hydrogens (primary N) is 1. The number of nitrogens with one attached hydrogen (secondary N) is 3. The number of amidine groups is 1. The minimum absolute atomic E-state index is 0.148. The van der Waals surface area contributed by atoms with Crippen LogP contribution in [0.5, 0.6) is 0 Å². The second-order valence-corrected chi connectivity index (χ2v) is 3.51. The zero-order chi connectivity index (χ0) is 12.8. The topological polar surface area (TPSA) is 108 Å². The largest absolute Gasteiger partial charge is 0.387 e. The highest BCUT2D eigenvalue weighted by Gasteiger charge is 2.04. The standard InChI is InChI=1S/C11H14N4O2/c1-7(16)14-8-3-2-4-9(5-8)15-11(17)6-10(12)13/h2-5H,6H2,1H3,(H3,12,13)(H,14,16)(H,15,17). The third-order valence-electron chi connectivity index (χ3n) is 1.82.